The molecule has 1 atom stereocenters. The molecule has 0 bridgehead atoms. The highest BCUT2D eigenvalue weighted by Crippen LogP contribution is 2.43. The summed E-state index contributed by atoms with van der Waals surface area (Å²) in [6.07, 6.45) is 0.872. The van der Waals surface area contributed by atoms with Crippen molar-refractivity contribution >= 4 is 23.1 Å². The summed E-state index contributed by atoms with van der Waals surface area (Å²) in [5.74, 6) is 0.167. The maximum atomic E-state index is 13.5. The van der Waals surface area contributed by atoms with Gasteiger partial charge in [0.2, 0.25) is 0 Å². The molecule has 0 saturated carbocycles. The third-order valence-corrected chi connectivity index (χ3v) is 6.51. The Morgan fingerprint density at radius 1 is 0.821 bits per heavy atom. The number of anilines is 1. The van der Waals surface area contributed by atoms with E-state index in [0.29, 0.717) is 40.7 Å². The number of amides is 1. The van der Waals surface area contributed by atoms with Crippen molar-refractivity contribution < 1.29 is 24.2 Å². The third kappa shape index (κ3) is 5.41. The van der Waals surface area contributed by atoms with Crippen molar-refractivity contribution in [1.82, 2.24) is 0 Å². The lowest BCUT2D eigenvalue weighted by molar-refractivity contribution is -0.132. The van der Waals surface area contributed by atoms with Crippen molar-refractivity contribution in [3.8, 4) is 17.2 Å². The second kappa shape index (κ2) is 11.3. The van der Waals surface area contributed by atoms with Gasteiger partial charge in [-0.25, -0.2) is 0 Å². The zero-order chi connectivity index (χ0) is 27.4. The summed E-state index contributed by atoms with van der Waals surface area (Å²) in [6, 6.07) is 30.0. The quantitative estimate of drug-likeness (QED) is 0.151. The number of ether oxygens (including phenoxy) is 2. The van der Waals surface area contributed by atoms with Crippen LogP contribution < -0.4 is 14.4 Å². The Morgan fingerprint density at radius 2 is 1.51 bits per heavy atom. The summed E-state index contributed by atoms with van der Waals surface area (Å²) in [5.41, 5.74) is 2.65. The summed E-state index contributed by atoms with van der Waals surface area (Å²) >= 11 is 0. The number of hydrogen-bond donors (Lipinski definition) is 1. The number of aryl methyl sites for hydroxylation is 1. The molecule has 6 heteroatoms. The average molecular weight is 520 g/mol. The van der Waals surface area contributed by atoms with Crippen LogP contribution in [0.2, 0.25) is 0 Å². The van der Waals surface area contributed by atoms with Gasteiger partial charge < -0.3 is 14.6 Å². The first-order chi connectivity index (χ1) is 19.0. The lowest BCUT2D eigenvalue weighted by Gasteiger charge is -2.26. The molecule has 0 radical (unpaired) electrons. The molecule has 5 rings (SSSR count). The highest BCUT2D eigenvalue weighted by atomic mass is 16.5. The van der Waals surface area contributed by atoms with Gasteiger partial charge >= 0.3 is 0 Å². The second-order valence-corrected chi connectivity index (χ2v) is 9.37. The van der Waals surface area contributed by atoms with Crippen molar-refractivity contribution in [3.63, 3.8) is 0 Å². The van der Waals surface area contributed by atoms with Crippen LogP contribution in [0.3, 0.4) is 0 Å². The van der Waals surface area contributed by atoms with E-state index in [9.17, 15) is 14.7 Å². The topological polar surface area (TPSA) is 76.1 Å². The molecule has 196 valence electrons. The number of carbonyl (C=O) groups excluding carboxylic acids is 2. The SMILES string of the molecule is CCCOc1ccc(/C(O)=C2/C(=O)C(=O)N(c3ccc(C)cc3)C2c2cccc(Oc3ccccc3)c2)cc1. The van der Waals surface area contributed by atoms with E-state index < -0.39 is 17.7 Å². The molecule has 39 heavy (non-hydrogen) atoms. The van der Waals surface area contributed by atoms with Crippen LogP contribution >= 0.6 is 0 Å². The van der Waals surface area contributed by atoms with E-state index in [4.69, 9.17) is 9.47 Å². The summed E-state index contributed by atoms with van der Waals surface area (Å²) in [5, 5.41) is 11.4. The van der Waals surface area contributed by atoms with Gasteiger partial charge in [0, 0.05) is 11.3 Å². The molecular formula is C33H29NO5. The summed E-state index contributed by atoms with van der Waals surface area (Å²) in [6.45, 7) is 4.55. The highest BCUT2D eigenvalue weighted by molar-refractivity contribution is 6.51. The van der Waals surface area contributed by atoms with Gasteiger partial charge in [0.25, 0.3) is 11.7 Å². The normalized spacial score (nSPS) is 16.4. The molecule has 1 fully saturated rings. The number of para-hydroxylation sites is 1. The van der Waals surface area contributed by atoms with Crippen LogP contribution in [0.4, 0.5) is 5.69 Å². The Hall–Kier alpha value is -4.84. The standard InChI is InChI=1S/C33H29NO5/c1-3-20-38-26-18-14-23(15-19-26)31(35)29-30(34(33(37)32(29)36)25-16-12-22(2)13-17-25)24-8-7-11-28(21-24)39-27-9-5-4-6-10-27/h4-19,21,30,35H,3,20H2,1-2H3/b31-29-. The fraction of sp³-hybridized carbons (Fsp3) is 0.152. The molecule has 0 aliphatic carbocycles. The Kier molecular flexibility index (Phi) is 7.46. The van der Waals surface area contributed by atoms with Crippen molar-refractivity contribution in [2.75, 3.05) is 11.5 Å². The monoisotopic (exact) mass is 519 g/mol. The van der Waals surface area contributed by atoms with E-state index in [2.05, 4.69) is 0 Å². The number of aliphatic hydroxyl groups is 1. The van der Waals surface area contributed by atoms with Gasteiger partial charge in [-0.1, -0.05) is 55.0 Å². The molecule has 4 aromatic carbocycles. The third-order valence-electron chi connectivity index (χ3n) is 6.51. The van der Waals surface area contributed by atoms with E-state index in [1.165, 1.54) is 4.90 Å². The average Bonchev–Trinajstić information content (AvgIpc) is 3.23. The first-order valence-corrected chi connectivity index (χ1v) is 12.9. The lowest BCUT2D eigenvalue weighted by Crippen LogP contribution is -2.29. The first-order valence-electron chi connectivity index (χ1n) is 12.9. The smallest absolute Gasteiger partial charge is 0.300 e. The minimum Gasteiger partial charge on any atom is -0.507 e. The van der Waals surface area contributed by atoms with Crippen LogP contribution in [0.15, 0.2) is 109 Å². The number of hydrogen-bond acceptors (Lipinski definition) is 5. The molecule has 1 aliphatic rings. The Bertz CT molecular complexity index is 1510. The number of nitrogens with zero attached hydrogens (tertiary/aromatic N) is 1. The van der Waals surface area contributed by atoms with E-state index >= 15 is 0 Å². The fourth-order valence-electron chi connectivity index (χ4n) is 4.58. The molecule has 1 amide bonds. The van der Waals surface area contributed by atoms with Crippen LogP contribution in [-0.2, 0) is 9.59 Å². The Balaban J connectivity index is 1.61. The first kappa shape index (κ1) is 25.8. The maximum Gasteiger partial charge on any atom is 0.300 e. The number of rotatable bonds is 8. The van der Waals surface area contributed by atoms with Crippen LogP contribution in [0.1, 0.15) is 36.1 Å². The van der Waals surface area contributed by atoms with Crippen molar-refractivity contribution in [2.45, 2.75) is 26.3 Å². The predicted octanol–water partition coefficient (Wildman–Crippen LogP) is 7.20. The van der Waals surface area contributed by atoms with E-state index in [1.807, 2.05) is 74.5 Å². The molecule has 6 nitrogen and oxygen atoms in total. The highest BCUT2D eigenvalue weighted by Gasteiger charge is 2.47. The molecule has 4 aromatic rings. The van der Waals surface area contributed by atoms with Crippen LogP contribution in [0.25, 0.3) is 5.76 Å². The van der Waals surface area contributed by atoms with Crippen LogP contribution in [-0.4, -0.2) is 23.4 Å². The number of Topliss-reactive ketones (excluding diaryl/α,β-unsaturated/α-hetero) is 1. The minimum absolute atomic E-state index is 0.0136. The summed E-state index contributed by atoms with van der Waals surface area (Å²) in [7, 11) is 0. The number of benzene rings is 4. The largest absolute Gasteiger partial charge is 0.507 e. The van der Waals surface area contributed by atoms with Gasteiger partial charge in [-0.2, -0.15) is 0 Å². The summed E-state index contributed by atoms with van der Waals surface area (Å²) < 4.78 is 11.7. The molecule has 1 saturated heterocycles. The zero-order valence-electron chi connectivity index (χ0n) is 21.8. The molecule has 0 aromatic heterocycles. The molecule has 1 unspecified atom stereocenters. The Morgan fingerprint density at radius 3 is 2.21 bits per heavy atom. The fourth-order valence-corrected chi connectivity index (χ4v) is 4.58. The molecule has 1 aliphatic heterocycles. The maximum absolute atomic E-state index is 13.5. The van der Waals surface area contributed by atoms with Gasteiger partial charge in [-0.05, 0) is 79.6 Å². The van der Waals surface area contributed by atoms with Gasteiger partial charge in [0.05, 0.1) is 18.2 Å². The minimum atomic E-state index is -0.858. The molecule has 1 heterocycles. The second-order valence-electron chi connectivity index (χ2n) is 9.37. The Labute approximate surface area is 227 Å². The molecule has 1 N–H and O–H groups in total. The van der Waals surface area contributed by atoms with Crippen molar-refractivity contribution in [2.24, 2.45) is 0 Å². The van der Waals surface area contributed by atoms with E-state index in [-0.39, 0.29) is 11.3 Å². The van der Waals surface area contributed by atoms with Gasteiger partial charge in [0.15, 0.2) is 0 Å². The zero-order valence-corrected chi connectivity index (χ0v) is 21.8. The molecule has 0 spiro atoms. The number of carbonyl (C=O) groups is 2. The number of aliphatic hydroxyl groups excluding tert-OH is 1. The van der Waals surface area contributed by atoms with E-state index in [0.717, 1.165) is 12.0 Å². The van der Waals surface area contributed by atoms with Gasteiger partial charge in [-0.15, -0.1) is 0 Å². The van der Waals surface area contributed by atoms with Gasteiger partial charge in [-0.3, -0.25) is 14.5 Å². The van der Waals surface area contributed by atoms with Crippen molar-refractivity contribution in [3.05, 3.63) is 125 Å². The van der Waals surface area contributed by atoms with Crippen LogP contribution in [0.5, 0.6) is 17.2 Å². The van der Waals surface area contributed by atoms with Crippen LogP contribution in [0, 0.1) is 6.92 Å². The molecular weight excluding hydrogens is 490 g/mol. The number of ketones is 1. The van der Waals surface area contributed by atoms with Gasteiger partial charge in [0.1, 0.15) is 23.0 Å². The summed E-state index contributed by atoms with van der Waals surface area (Å²) in [4.78, 5) is 28.4. The predicted molar refractivity (Wildman–Crippen MR) is 151 cm³/mol. The van der Waals surface area contributed by atoms with E-state index in [1.54, 1.807) is 42.5 Å². The van der Waals surface area contributed by atoms with Crippen molar-refractivity contribution in [1.29, 1.82) is 0 Å². The lowest BCUT2D eigenvalue weighted by atomic mass is 9.95.